The molecule has 0 saturated carbocycles. The number of hydrogen-bond acceptors (Lipinski definition) is 6. The SMILES string of the molecule is CCN(CC(=O)NCc1ccc(F)cc1)C(=O)c1cccnc1SCc1c(C)noc1C. The number of carbonyl (C=O) groups excluding carboxylic acids is 2. The number of aromatic nitrogens is 2. The summed E-state index contributed by atoms with van der Waals surface area (Å²) in [4.78, 5) is 31.4. The maximum atomic E-state index is 13.2. The van der Waals surface area contributed by atoms with Gasteiger partial charge in [-0.25, -0.2) is 9.37 Å². The van der Waals surface area contributed by atoms with Crippen LogP contribution in [0.3, 0.4) is 0 Å². The van der Waals surface area contributed by atoms with Crippen LogP contribution in [0, 0.1) is 19.7 Å². The van der Waals surface area contributed by atoms with E-state index in [0.29, 0.717) is 22.9 Å². The zero-order valence-electron chi connectivity index (χ0n) is 18.2. The van der Waals surface area contributed by atoms with Gasteiger partial charge >= 0.3 is 0 Å². The molecule has 9 heteroatoms. The Bertz CT molecular complexity index is 1070. The van der Waals surface area contributed by atoms with Gasteiger partial charge in [0.2, 0.25) is 5.91 Å². The molecule has 1 aromatic carbocycles. The van der Waals surface area contributed by atoms with Crippen molar-refractivity contribution in [3.63, 3.8) is 0 Å². The van der Waals surface area contributed by atoms with Gasteiger partial charge in [-0.15, -0.1) is 11.8 Å². The highest BCUT2D eigenvalue weighted by atomic mass is 32.2. The second-order valence-electron chi connectivity index (χ2n) is 7.17. The lowest BCUT2D eigenvalue weighted by Crippen LogP contribution is -2.40. The summed E-state index contributed by atoms with van der Waals surface area (Å²) in [5.74, 6) is 0.425. The zero-order chi connectivity index (χ0) is 23.1. The van der Waals surface area contributed by atoms with E-state index in [0.717, 1.165) is 22.6 Å². The Morgan fingerprint density at radius 1 is 1.19 bits per heavy atom. The highest BCUT2D eigenvalue weighted by Gasteiger charge is 2.21. The second-order valence-corrected chi connectivity index (χ2v) is 8.13. The predicted molar refractivity (Wildman–Crippen MR) is 120 cm³/mol. The van der Waals surface area contributed by atoms with E-state index in [1.54, 1.807) is 30.5 Å². The highest BCUT2D eigenvalue weighted by Crippen LogP contribution is 2.27. The Labute approximate surface area is 190 Å². The molecule has 3 rings (SSSR count). The molecule has 0 aliphatic heterocycles. The van der Waals surface area contributed by atoms with Gasteiger partial charge in [-0.3, -0.25) is 9.59 Å². The maximum Gasteiger partial charge on any atom is 0.257 e. The van der Waals surface area contributed by atoms with Gasteiger partial charge in [0.05, 0.1) is 17.8 Å². The average Bonchev–Trinajstić information content (AvgIpc) is 3.12. The lowest BCUT2D eigenvalue weighted by atomic mass is 10.2. The number of thioether (sulfide) groups is 1. The number of aryl methyl sites for hydroxylation is 2. The van der Waals surface area contributed by atoms with E-state index in [4.69, 9.17) is 4.52 Å². The van der Waals surface area contributed by atoms with Crippen LogP contribution >= 0.6 is 11.8 Å². The van der Waals surface area contributed by atoms with Crippen molar-refractivity contribution in [3.05, 3.63) is 76.6 Å². The fraction of sp³-hybridized carbons (Fsp3) is 0.304. The Kier molecular flexibility index (Phi) is 7.99. The summed E-state index contributed by atoms with van der Waals surface area (Å²) in [5.41, 5.74) is 3.01. The molecular weight excluding hydrogens is 431 g/mol. The van der Waals surface area contributed by atoms with Gasteiger partial charge in [0.25, 0.3) is 5.91 Å². The van der Waals surface area contributed by atoms with Gasteiger partial charge in [0, 0.05) is 30.6 Å². The number of pyridine rings is 1. The van der Waals surface area contributed by atoms with Gasteiger partial charge in [0.1, 0.15) is 16.6 Å². The standard InChI is InChI=1S/C23H25FN4O3S/c1-4-28(13-21(29)26-12-17-7-9-18(24)10-8-17)23(30)19-6-5-11-25-22(19)32-14-20-15(2)27-31-16(20)3/h5-11H,4,12-14H2,1-3H3,(H,26,29). The van der Waals surface area contributed by atoms with Gasteiger partial charge in [-0.2, -0.15) is 0 Å². The molecule has 0 atom stereocenters. The molecule has 2 aromatic heterocycles. The van der Waals surface area contributed by atoms with Crippen LogP contribution in [0.15, 0.2) is 52.1 Å². The van der Waals surface area contributed by atoms with Gasteiger partial charge in [-0.05, 0) is 50.6 Å². The molecule has 0 fully saturated rings. The summed E-state index contributed by atoms with van der Waals surface area (Å²) >= 11 is 1.43. The van der Waals surface area contributed by atoms with E-state index >= 15 is 0 Å². The molecule has 7 nitrogen and oxygen atoms in total. The molecule has 1 N–H and O–H groups in total. The van der Waals surface area contributed by atoms with Crippen LogP contribution in [0.1, 0.15) is 39.9 Å². The molecule has 2 amide bonds. The van der Waals surface area contributed by atoms with Crippen molar-refractivity contribution >= 4 is 23.6 Å². The Morgan fingerprint density at radius 2 is 1.94 bits per heavy atom. The highest BCUT2D eigenvalue weighted by molar-refractivity contribution is 7.98. The van der Waals surface area contributed by atoms with E-state index in [9.17, 15) is 14.0 Å². The maximum absolute atomic E-state index is 13.2. The number of carbonyl (C=O) groups is 2. The first-order valence-corrected chi connectivity index (χ1v) is 11.2. The normalized spacial score (nSPS) is 10.8. The minimum absolute atomic E-state index is 0.0839. The first kappa shape index (κ1) is 23.5. The van der Waals surface area contributed by atoms with Crippen molar-refractivity contribution < 1.29 is 18.5 Å². The molecule has 0 saturated heterocycles. The molecule has 0 spiro atoms. The van der Waals surface area contributed by atoms with Gasteiger partial charge in [0.15, 0.2) is 0 Å². The minimum atomic E-state index is -0.331. The number of nitrogens with one attached hydrogen (secondary N) is 1. The quantitative estimate of drug-likeness (QED) is 0.492. The third kappa shape index (κ3) is 5.94. The van der Waals surface area contributed by atoms with Crippen LogP contribution in [0.5, 0.6) is 0 Å². The molecule has 0 unspecified atom stereocenters. The van der Waals surface area contributed by atoms with Crippen LogP contribution in [0.25, 0.3) is 0 Å². The zero-order valence-corrected chi connectivity index (χ0v) is 19.0. The first-order chi connectivity index (χ1) is 15.4. The Hall–Kier alpha value is -3.20. The molecule has 0 aliphatic carbocycles. The molecule has 3 aromatic rings. The molecule has 2 heterocycles. The monoisotopic (exact) mass is 456 g/mol. The smallest absolute Gasteiger partial charge is 0.257 e. The summed E-state index contributed by atoms with van der Waals surface area (Å²) in [6.45, 7) is 6.09. The van der Waals surface area contributed by atoms with Crippen LogP contribution in [-0.2, 0) is 17.1 Å². The fourth-order valence-corrected chi connectivity index (χ4v) is 4.19. The van der Waals surface area contributed by atoms with E-state index in [1.807, 2.05) is 20.8 Å². The number of benzene rings is 1. The summed E-state index contributed by atoms with van der Waals surface area (Å²) in [6.07, 6.45) is 1.64. The molecule has 0 radical (unpaired) electrons. The van der Waals surface area contributed by atoms with Crippen LogP contribution in [0.4, 0.5) is 4.39 Å². The third-order valence-corrected chi connectivity index (χ3v) is 5.97. The van der Waals surface area contributed by atoms with Crippen molar-refractivity contribution in [2.75, 3.05) is 13.1 Å². The van der Waals surface area contributed by atoms with Crippen molar-refractivity contribution in [3.8, 4) is 0 Å². The second kappa shape index (κ2) is 10.9. The molecule has 0 aliphatic rings. The molecule has 32 heavy (non-hydrogen) atoms. The van der Waals surface area contributed by atoms with Crippen LogP contribution < -0.4 is 5.32 Å². The summed E-state index contributed by atoms with van der Waals surface area (Å²) in [5, 5.41) is 7.31. The number of halogens is 1. The lowest BCUT2D eigenvalue weighted by molar-refractivity contribution is -0.121. The summed E-state index contributed by atoms with van der Waals surface area (Å²) in [6, 6.07) is 9.31. The molecular formula is C23H25FN4O3S. The largest absolute Gasteiger partial charge is 0.361 e. The summed E-state index contributed by atoms with van der Waals surface area (Å²) in [7, 11) is 0. The van der Waals surface area contributed by atoms with E-state index in [2.05, 4.69) is 15.5 Å². The van der Waals surface area contributed by atoms with Crippen molar-refractivity contribution in [1.29, 1.82) is 0 Å². The summed E-state index contributed by atoms with van der Waals surface area (Å²) < 4.78 is 18.2. The van der Waals surface area contributed by atoms with Crippen molar-refractivity contribution in [2.45, 2.75) is 38.1 Å². The fourth-order valence-electron chi connectivity index (χ4n) is 3.05. The number of hydrogen-bond donors (Lipinski definition) is 1. The van der Waals surface area contributed by atoms with E-state index in [-0.39, 0.29) is 30.7 Å². The van der Waals surface area contributed by atoms with Crippen LogP contribution in [-0.4, -0.2) is 39.9 Å². The lowest BCUT2D eigenvalue weighted by Gasteiger charge is -2.21. The van der Waals surface area contributed by atoms with Gasteiger partial charge < -0.3 is 14.7 Å². The average molecular weight is 457 g/mol. The van der Waals surface area contributed by atoms with Crippen molar-refractivity contribution in [1.82, 2.24) is 20.4 Å². The number of amides is 2. The number of likely N-dealkylation sites (N-methyl/N-ethyl adjacent to an activating group) is 1. The third-order valence-electron chi connectivity index (χ3n) is 4.94. The molecule has 0 bridgehead atoms. The van der Waals surface area contributed by atoms with Gasteiger partial charge in [-0.1, -0.05) is 17.3 Å². The van der Waals surface area contributed by atoms with E-state index in [1.165, 1.54) is 28.8 Å². The van der Waals surface area contributed by atoms with Crippen LogP contribution in [0.2, 0.25) is 0 Å². The minimum Gasteiger partial charge on any atom is -0.361 e. The topological polar surface area (TPSA) is 88.3 Å². The first-order valence-electron chi connectivity index (χ1n) is 10.2. The number of nitrogens with zero attached hydrogens (tertiary/aromatic N) is 3. The Balaban J connectivity index is 1.64. The Morgan fingerprint density at radius 3 is 2.59 bits per heavy atom. The number of rotatable bonds is 9. The molecule has 168 valence electrons. The van der Waals surface area contributed by atoms with E-state index < -0.39 is 0 Å². The van der Waals surface area contributed by atoms with Crippen molar-refractivity contribution in [2.24, 2.45) is 0 Å². The predicted octanol–water partition coefficient (Wildman–Crippen LogP) is 3.90.